The van der Waals surface area contributed by atoms with Gasteiger partial charge in [0.25, 0.3) is 11.8 Å². The fourth-order valence-electron chi connectivity index (χ4n) is 1.91. The molecule has 124 valence electrons. The first-order valence-electron chi connectivity index (χ1n) is 7.12. The van der Waals surface area contributed by atoms with Gasteiger partial charge in [-0.1, -0.05) is 30.3 Å². The Kier molecular flexibility index (Phi) is 5.51. The number of ether oxygens (including phenoxy) is 1. The lowest BCUT2D eigenvalue weighted by atomic mass is 10.1. The second kappa shape index (κ2) is 7.77. The van der Waals surface area contributed by atoms with Crippen LogP contribution in [0.4, 0.5) is 0 Å². The van der Waals surface area contributed by atoms with Crippen molar-refractivity contribution in [3.63, 3.8) is 0 Å². The van der Waals surface area contributed by atoms with E-state index in [0.717, 1.165) is 16.8 Å². The van der Waals surface area contributed by atoms with E-state index < -0.39 is 23.9 Å². The summed E-state index contributed by atoms with van der Waals surface area (Å²) in [6.45, 7) is 1.53. The van der Waals surface area contributed by atoms with Crippen LogP contribution in [0.2, 0.25) is 0 Å². The second-order valence-corrected chi connectivity index (χ2v) is 4.92. The third kappa shape index (κ3) is 4.84. The molecule has 0 spiro atoms. The van der Waals surface area contributed by atoms with Gasteiger partial charge in [0.15, 0.2) is 6.10 Å². The van der Waals surface area contributed by atoms with Crippen molar-refractivity contribution < 1.29 is 24.2 Å². The highest BCUT2D eigenvalue weighted by Crippen LogP contribution is 2.21. The molecule has 0 aromatic heterocycles. The monoisotopic (exact) mass is 328 g/mol. The summed E-state index contributed by atoms with van der Waals surface area (Å²) >= 11 is 0. The fraction of sp³-hybridized carbons (Fsp3) is 0.118. The van der Waals surface area contributed by atoms with E-state index in [9.17, 15) is 14.4 Å². The van der Waals surface area contributed by atoms with Gasteiger partial charge in [-0.25, -0.2) is 4.79 Å². The van der Waals surface area contributed by atoms with Crippen LogP contribution in [-0.2, 0) is 14.4 Å². The van der Waals surface area contributed by atoms with Crippen LogP contribution in [0.5, 0.6) is 5.75 Å². The molecule has 7 nitrogen and oxygen atoms in total. The number of hydrogen-bond donors (Lipinski definition) is 3. The fourth-order valence-corrected chi connectivity index (χ4v) is 1.91. The van der Waals surface area contributed by atoms with Crippen molar-refractivity contribution in [3.8, 4) is 5.75 Å². The van der Waals surface area contributed by atoms with Crippen LogP contribution in [-0.4, -0.2) is 29.0 Å². The number of carboxylic acid groups (broad SMARTS) is 1. The molecule has 24 heavy (non-hydrogen) atoms. The zero-order valence-corrected chi connectivity index (χ0v) is 12.9. The van der Waals surface area contributed by atoms with Gasteiger partial charge in [-0.05, 0) is 29.8 Å². The molecule has 2 rings (SSSR count). The molecule has 2 amide bonds. The molecule has 0 radical (unpaired) electrons. The number of fused-ring (bicyclic) bond motifs is 1. The summed E-state index contributed by atoms with van der Waals surface area (Å²) in [7, 11) is 0. The minimum Gasteiger partial charge on any atom is -0.481 e. The Morgan fingerprint density at radius 1 is 1.04 bits per heavy atom. The molecule has 0 aliphatic heterocycles. The standard InChI is InChI=1S/C17H16N2O5/c1-11(17(23)19-18-15(20)8-9-16(21)22)24-14-7-6-12-4-2-3-5-13(12)10-14/h2-11H,1H3,(H,18,20)(H,19,23)(H,21,22)/b9-8+. The molecule has 0 saturated carbocycles. The van der Waals surface area contributed by atoms with Crippen molar-refractivity contribution in [2.75, 3.05) is 0 Å². The van der Waals surface area contributed by atoms with Crippen molar-refractivity contribution in [1.82, 2.24) is 10.9 Å². The minimum atomic E-state index is -1.26. The van der Waals surface area contributed by atoms with Crippen LogP contribution in [0.15, 0.2) is 54.6 Å². The van der Waals surface area contributed by atoms with E-state index in [1.165, 1.54) is 6.92 Å². The number of carbonyl (C=O) groups is 3. The summed E-state index contributed by atoms with van der Waals surface area (Å²) in [5, 5.41) is 10.4. The largest absolute Gasteiger partial charge is 0.481 e. The maximum absolute atomic E-state index is 11.9. The predicted molar refractivity (Wildman–Crippen MR) is 87.1 cm³/mol. The van der Waals surface area contributed by atoms with Crippen LogP contribution in [0.1, 0.15) is 6.92 Å². The zero-order valence-electron chi connectivity index (χ0n) is 12.9. The van der Waals surface area contributed by atoms with Crippen LogP contribution in [0.3, 0.4) is 0 Å². The Hall–Kier alpha value is -3.35. The van der Waals surface area contributed by atoms with Gasteiger partial charge in [-0.3, -0.25) is 20.4 Å². The average molecular weight is 328 g/mol. The average Bonchev–Trinajstić information content (AvgIpc) is 2.57. The van der Waals surface area contributed by atoms with E-state index in [0.29, 0.717) is 11.8 Å². The van der Waals surface area contributed by atoms with E-state index in [-0.39, 0.29) is 0 Å². The molecular formula is C17H16N2O5. The van der Waals surface area contributed by atoms with E-state index >= 15 is 0 Å². The molecule has 0 aliphatic carbocycles. The number of carbonyl (C=O) groups excluding carboxylic acids is 2. The van der Waals surface area contributed by atoms with Gasteiger partial charge < -0.3 is 9.84 Å². The molecule has 0 heterocycles. The highest BCUT2D eigenvalue weighted by molar-refractivity contribution is 5.95. The first kappa shape index (κ1) is 17.0. The summed E-state index contributed by atoms with van der Waals surface area (Å²) in [5.41, 5.74) is 4.22. The third-order valence-electron chi connectivity index (χ3n) is 3.09. The molecule has 1 unspecified atom stereocenters. The summed E-state index contributed by atoms with van der Waals surface area (Å²) in [6.07, 6.45) is 0.600. The molecule has 0 aliphatic rings. The molecule has 0 fully saturated rings. The highest BCUT2D eigenvalue weighted by atomic mass is 16.5. The van der Waals surface area contributed by atoms with Crippen molar-refractivity contribution >= 4 is 28.6 Å². The zero-order chi connectivity index (χ0) is 17.5. The topological polar surface area (TPSA) is 105 Å². The normalized spacial score (nSPS) is 11.9. The lowest BCUT2D eigenvalue weighted by molar-refractivity contribution is -0.132. The third-order valence-corrected chi connectivity index (χ3v) is 3.09. The molecule has 7 heteroatoms. The van der Waals surface area contributed by atoms with Crippen molar-refractivity contribution in [1.29, 1.82) is 0 Å². The van der Waals surface area contributed by atoms with Crippen molar-refractivity contribution in [2.45, 2.75) is 13.0 Å². The first-order chi connectivity index (χ1) is 11.5. The molecule has 0 saturated heterocycles. The van der Waals surface area contributed by atoms with Crippen molar-refractivity contribution in [3.05, 3.63) is 54.6 Å². The number of aliphatic carboxylic acids is 1. The summed E-state index contributed by atoms with van der Waals surface area (Å²) in [4.78, 5) is 33.4. The Bertz CT molecular complexity index is 800. The maximum atomic E-state index is 11.9. The van der Waals surface area contributed by atoms with Crippen LogP contribution >= 0.6 is 0 Å². The number of nitrogens with one attached hydrogen (secondary N) is 2. The number of rotatable bonds is 5. The molecule has 3 N–H and O–H groups in total. The summed E-state index contributed by atoms with van der Waals surface area (Å²) in [5.74, 6) is -2.07. The summed E-state index contributed by atoms with van der Waals surface area (Å²) in [6, 6.07) is 13.2. The van der Waals surface area contributed by atoms with E-state index in [1.54, 1.807) is 6.07 Å². The molecule has 2 aromatic carbocycles. The van der Waals surface area contributed by atoms with Gasteiger partial charge in [0.1, 0.15) is 5.75 Å². The van der Waals surface area contributed by atoms with Crippen molar-refractivity contribution in [2.24, 2.45) is 0 Å². The Balaban J connectivity index is 1.90. The first-order valence-corrected chi connectivity index (χ1v) is 7.12. The molecule has 0 bridgehead atoms. The van der Waals surface area contributed by atoms with E-state index in [1.807, 2.05) is 36.4 Å². The number of hydrogen-bond acceptors (Lipinski definition) is 4. The van der Waals surface area contributed by atoms with Crippen LogP contribution in [0, 0.1) is 0 Å². The Morgan fingerprint density at radius 2 is 1.75 bits per heavy atom. The maximum Gasteiger partial charge on any atom is 0.328 e. The number of benzene rings is 2. The van der Waals surface area contributed by atoms with Gasteiger partial charge in [-0.15, -0.1) is 0 Å². The van der Waals surface area contributed by atoms with Gasteiger partial charge >= 0.3 is 5.97 Å². The Morgan fingerprint density at radius 3 is 2.46 bits per heavy atom. The van der Waals surface area contributed by atoms with Gasteiger partial charge in [0.2, 0.25) is 0 Å². The smallest absolute Gasteiger partial charge is 0.328 e. The quantitative estimate of drug-likeness (QED) is 0.568. The van der Waals surface area contributed by atoms with Crippen LogP contribution < -0.4 is 15.6 Å². The minimum absolute atomic E-state index is 0.522. The predicted octanol–water partition coefficient (Wildman–Crippen LogP) is 1.40. The highest BCUT2D eigenvalue weighted by Gasteiger charge is 2.15. The number of carboxylic acids is 1. The van der Waals surface area contributed by atoms with E-state index in [2.05, 4.69) is 10.9 Å². The lowest BCUT2D eigenvalue weighted by Gasteiger charge is -2.15. The van der Waals surface area contributed by atoms with Gasteiger partial charge in [-0.2, -0.15) is 0 Å². The lowest BCUT2D eigenvalue weighted by Crippen LogP contribution is -2.46. The number of amides is 2. The van der Waals surface area contributed by atoms with Gasteiger partial charge in [0.05, 0.1) is 0 Å². The SMILES string of the molecule is CC(Oc1ccc2ccccc2c1)C(=O)NNC(=O)/C=C/C(=O)O. The van der Waals surface area contributed by atoms with Crippen LogP contribution in [0.25, 0.3) is 10.8 Å². The number of hydrazine groups is 1. The molecular weight excluding hydrogens is 312 g/mol. The summed E-state index contributed by atoms with van der Waals surface area (Å²) < 4.78 is 5.54. The molecule has 1 atom stereocenters. The second-order valence-electron chi connectivity index (χ2n) is 4.92. The van der Waals surface area contributed by atoms with Gasteiger partial charge in [0, 0.05) is 12.2 Å². The van der Waals surface area contributed by atoms with E-state index in [4.69, 9.17) is 9.84 Å². The Labute approximate surface area is 137 Å². The molecule has 2 aromatic rings.